The highest BCUT2D eigenvalue weighted by molar-refractivity contribution is 8.00. The Morgan fingerprint density at radius 2 is 2.14 bits per heavy atom. The molecule has 0 spiro atoms. The smallest absolute Gasteiger partial charge is 0.309 e. The number of methoxy groups -OCH3 is 1. The first-order chi connectivity index (χ1) is 9.90. The van der Waals surface area contributed by atoms with Crippen LogP contribution in [0.2, 0.25) is 0 Å². The molecular weight excluding hydrogens is 308 g/mol. The number of hydrogen-bond acceptors (Lipinski definition) is 6. The van der Waals surface area contributed by atoms with Gasteiger partial charge in [0.25, 0.3) is 0 Å². The molecule has 5 nitrogen and oxygen atoms in total. The molecule has 0 radical (unpaired) electrons. The molecule has 1 aromatic rings. The summed E-state index contributed by atoms with van der Waals surface area (Å²) in [5, 5.41) is 12.5. The van der Waals surface area contributed by atoms with E-state index >= 15 is 0 Å². The van der Waals surface area contributed by atoms with Crippen LogP contribution < -0.4 is 5.32 Å². The van der Waals surface area contributed by atoms with Crippen LogP contribution in [-0.4, -0.2) is 30.5 Å². The summed E-state index contributed by atoms with van der Waals surface area (Å²) in [5.74, 6) is 0.0679. The summed E-state index contributed by atoms with van der Waals surface area (Å²) in [5.41, 5.74) is 1.43. The molecule has 0 aliphatic carbocycles. The van der Waals surface area contributed by atoms with Gasteiger partial charge in [0.05, 0.1) is 24.3 Å². The van der Waals surface area contributed by atoms with E-state index in [1.165, 1.54) is 30.2 Å². The predicted molar refractivity (Wildman–Crippen MR) is 85.6 cm³/mol. The van der Waals surface area contributed by atoms with E-state index in [1.54, 1.807) is 6.92 Å². The van der Waals surface area contributed by atoms with Gasteiger partial charge < -0.3 is 10.1 Å². The second kappa shape index (κ2) is 8.05. The number of thioether (sulfide) groups is 1. The van der Waals surface area contributed by atoms with Crippen LogP contribution in [0.1, 0.15) is 22.9 Å². The zero-order valence-electron chi connectivity index (χ0n) is 12.5. The molecule has 114 valence electrons. The Hall–Kier alpha value is -1.52. The molecule has 1 rings (SSSR count). The van der Waals surface area contributed by atoms with E-state index in [-0.39, 0.29) is 23.5 Å². The monoisotopic (exact) mass is 326 g/mol. The summed E-state index contributed by atoms with van der Waals surface area (Å²) in [6, 6.07) is 2.11. The van der Waals surface area contributed by atoms with Crippen LogP contribution in [0.15, 0.2) is 0 Å². The quantitative estimate of drug-likeness (QED) is 0.813. The van der Waals surface area contributed by atoms with Crippen LogP contribution in [0.3, 0.4) is 0 Å². The maximum atomic E-state index is 11.9. The van der Waals surface area contributed by atoms with E-state index in [9.17, 15) is 9.59 Å². The lowest BCUT2D eigenvalue weighted by Gasteiger charge is -2.08. The molecule has 1 amide bonds. The molecule has 0 aromatic carbocycles. The second-order valence-electron chi connectivity index (χ2n) is 4.59. The minimum atomic E-state index is -0.279. The fourth-order valence-corrected chi connectivity index (χ4v) is 3.50. The van der Waals surface area contributed by atoms with Gasteiger partial charge in [0, 0.05) is 10.6 Å². The Balaban J connectivity index is 2.50. The molecule has 1 unspecified atom stereocenters. The summed E-state index contributed by atoms with van der Waals surface area (Å²) in [4.78, 5) is 24.1. The highest BCUT2D eigenvalue weighted by atomic mass is 32.2. The van der Waals surface area contributed by atoms with Crippen molar-refractivity contribution in [3.05, 3.63) is 16.0 Å². The number of nitrogens with zero attached hydrogens (tertiary/aromatic N) is 1. The van der Waals surface area contributed by atoms with Crippen molar-refractivity contribution in [3.63, 3.8) is 0 Å². The molecule has 0 aliphatic rings. The third-order valence-corrected chi connectivity index (χ3v) is 5.28. The van der Waals surface area contributed by atoms with E-state index in [4.69, 9.17) is 5.26 Å². The fourth-order valence-electron chi connectivity index (χ4n) is 1.61. The van der Waals surface area contributed by atoms with E-state index in [2.05, 4.69) is 16.1 Å². The molecule has 1 atom stereocenters. The summed E-state index contributed by atoms with van der Waals surface area (Å²) in [6.07, 6.45) is 0. The molecule has 0 bridgehead atoms. The van der Waals surface area contributed by atoms with Crippen molar-refractivity contribution in [2.45, 2.75) is 20.8 Å². The summed E-state index contributed by atoms with van der Waals surface area (Å²) >= 11 is 2.77. The number of thiophene rings is 1. The van der Waals surface area contributed by atoms with Crippen molar-refractivity contribution in [3.8, 4) is 6.07 Å². The molecule has 1 aromatic heterocycles. The average Bonchev–Trinajstić information content (AvgIpc) is 2.72. The van der Waals surface area contributed by atoms with Gasteiger partial charge in [-0.3, -0.25) is 9.59 Å². The zero-order valence-corrected chi connectivity index (χ0v) is 14.1. The van der Waals surface area contributed by atoms with Crippen molar-refractivity contribution in [1.29, 1.82) is 5.26 Å². The normalized spacial score (nSPS) is 11.6. The van der Waals surface area contributed by atoms with E-state index in [1.807, 2.05) is 13.8 Å². The molecule has 21 heavy (non-hydrogen) atoms. The summed E-state index contributed by atoms with van der Waals surface area (Å²) in [7, 11) is 1.35. The number of hydrogen-bond donors (Lipinski definition) is 1. The van der Waals surface area contributed by atoms with Gasteiger partial charge in [-0.25, -0.2) is 0 Å². The van der Waals surface area contributed by atoms with Crippen molar-refractivity contribution in [1.82, 2.24) is 0 Å². The number of carbonyl (C=O) groups excluding carboxylic acids is 2. The minimum Gasteiger partial charge on any atom is -0.469 e. The molecular formula is C14H18N2O3S2. The summed E-state index contributed by atoms with van der Waals surface area (Å²) < 4.78 is 4.62. The lowest BCUT2D eigenvalue weighted by atomic mass is 10.2. The first kappa shape index (κ1) is 17.5. The molecule has 0 saturated carbocycles. The second-order valence-corrected chi connectivity index (χ2v) is 6.84. The lowest BCUT2D eigenvalue weighted by molar-refractivity contribution is -0.144. The van der Waals surface area contributed by atoms with E-state index < -0.39 is 0 Å². The van der Waals surface area contributed by atoms with Crippen LogP contribution >= 0.6 is 23.1 Å². The van der Waals surface area contributed by atoms with Crippen LogP contribution in [0.4, 0.5) is 5.00 Å². The van der Waals surface area contributed by atoms with Crippen molar-refractivity contribution >= 4 is 40.0 Å². The highest BCUT2D eigenvalue weighted by Crippen LogP contribution is 2.31. The predicted octanol–water partition coefficient (Wildman–Crippen LogP) is 2.72. The Labute approximate surface area is 132 Å². The van der Waals surface area contributed by atoms with Gasteiger partial charge in [-0.1, -0.05) is 6.92 Å². The van der Waals surface area contributed by atoms with Crippen LogP contribution in [-0.2, 0) is 14.3 Å². The standard InChI is InChI=1S/C14H18N2O3S2/c1-8(14(18)19-4)6-20-7-12(17)16-13-11(5-15)9(2)10(3)21-13/h8H,6-7H2,1-4H3,(H,16,17). The van der Waals surface area contributed by atoms with Crippen molar-refractivity contribution in [2.24, 2.45) is 5.92 Å². The molecule has 7 heteroatoms. The molecule has 0 fully saturated rings. The number of nitrogens with one attached hydrogen (secondary N) is 1. The van der Waals surface area contributed by atoms with Gasteiger partial charge in [-0.15, -0.1) is 11.3 Å². The maximum absolute atomic E-state index is 11.9. The number of rotatable bonds is 6. The maximum Gasteiger partial charge on any atom is 0.309 e. The van der Waals surface area contributed by atoms with Gasteiger partial charge >= 0.3 is 5.97 Å². The Kier molecular flexibility index (Phi) is 6.72. The number of esters is 1. The molecule has 0 aliphatic heterocycles. The van der Waals surface area contributed by atoms with Gasteiger partial charge in [0.1, 0.15) is 11.1 Å². The lowest BCUT2D eigenvalue weighted by Crippen LogP contribution is -2.18. The van der Waals surface area contributed by atoms with Gasteiger partial charge in [-0.2, -0.15) is 17.0 Å². The van der Waals surface area contributed by atoms with Crippen molar-refractivity contribution in [2.75, 3.05) is 23.9 Å². The van der Waals surface area contributed by atoms with Gasteiger partial charge in [0.2, 0.25) is 5.91 Å². The zero-order chi connectivity index (χ0) is 16.0. The van der Waals surface area contributed by atoms with Gasteiger partial charge in [0.15, 0.2) is 0 Å². The fraction of sp³-hybridized carbons (Fsp3) is 0.500. The largest absolute Gasteiger partial charge is 0.469 e. The minimum absolute atomic E-state index is 0.171. The Morgan fingerprint density at radius 3 is 2.71 bits per heavy atom. The first-order valence-electron chi connectivity index (χ1n) is 6.36. The third kappa shape index (κ3) is 4.76. The van der Waals surface area contributed by atoms with Crippen LogP contribution in [0, 0.1) is 31.1 Å². The Bertz CT molecular complexity index is 576. The highest BCUT2D eigenvalue weighted by Gasteiger charge is 2.16. The number of carbonyl (C=O) groups is 2. The Morgan fingerprint density at radius 1 is 1.48 bits per heavy atom. The number of nitriles is 1. The van der Waals surface area contributed by atoms with Crippen LogP contribution in [0.5, 0.6) is 0 Å². The molecule has 1 N–H and O–H groups in total. The third-order valence-electron chi connectivity index (χ3n) is 2.95. The van der Waals surface area contributed by atoms with Crippen LogP contribution in [0.25, 0.3) is 0 Å². The first-order valence-corrected chi connectivity index (χ1v) is 8.33. The average molecular weight is 326 g/mol. The number of aryl methyl sites for hydroxylation is 1. The van der Waals surface area contributed by atoms with Crippen molar-refractivity contribution < 1.29 is 14.3 Å². The van der Waals surface area contributed by atoms with Gasteiger partial charge in [-0.05, 0) is 19.4 Å². The van der Waals surface area contributed by atoms with E-state index in [0.717, 1.165) is 10.4 Å². The SMILES string of the molecule is COC(=O)C(C)CSCC(=O)Nc1sc(C)c(C)c1C#N. The summed E-state index contributed by atoms with van der Waals surface area (Å²) in [6.45, 7) is 5.55. The number of ether oxygens (including phenoxy) is 1. The van der Waals surface area contributed by atoms with E-state index in [0.29, 0.717) is 16.3 Å². The number of amides is 1. The molecule has 1 heterocycles. The topological polar surface area (TPSA) is 79.2 Å². The number of anilines is 1. The molecule has 0 saturated heterocycles.